The summed E-state index contributed by atoms with van der Waals surface area (Å²) in [6.07, 6.45) is -0.940. The number of aliphatic imine (C=N–C) groups is 1. The number of rotatable bonds is 5. The van der Waals surface area contributed by atoms with Gasteiger partial charge in [-0.2, -0.15) is 4.98 Å². The second kappa shape index (κ2) is 12.2. The summed E-state index contributed by atoms with van der Waals surface area (Å²) in [4.78, 5) is 33.7. The number of carboxylic acid groups (broad SMARTS) is 1. The van der Waals surface area contributed by atoms with Crippen LogP contribution in [0.3, 0.4) is 0 Å². The summed E-state index contributed by atoms with van der Waals surface area (Å²) in [5.74, 6) is 1.30. The molecule has 1 aromatic heterocycles. The fourth-order valence-corrected chi connectivity index (χ4v) is 4.88. The van der Waals surface area contributed by atoms with Crippen LogP contribution in [0.4, 0.5) is 9.59 Å². The second-order valence-electron chi connectivity index (χ2n) is 10.8. The van der Waals surface area contributed by atoms with Gasteiger partial charge in [0, 0.05) is 16.6 Å². The Kier molecular flexibility index (Phi) is 8.44. The fraction of sp³-hybridized carbons (Fsp3) is 0.300. The molecule has 0 saturated carbocycles. The monoisotopic (exact) mass is 635 g/mol. The molecule has 5 rings (SSSR count). The normalized spacial score (nSPS) is 15.6. The maximum Gasteiger partial charge on any atom is 0.434 e. The summed E-state index contributed by atoms with van der Waals surface area (Å²) in [5.41, 5.74) is 1.07. The number of benzene rings is 3. The predicted molar refractivity (Wildman–Crippen MR) is 159 cm³/mol. The van der Waals surface area contributed by atoms with Gasteiger partial charge in [-0.25, -0.2) is 9.59 Å². The number of likely N-dealkylation sites (tertiary alicyclic amines) is 1. The zero-order valence-electron chi connectivity index (χ0n) is 23.3. The van der Waals surface area contributed by atoms with Crippen LogP contribution in [0.2, 0.25) is 0 Å². The van der Waals surface area contributed by atoms with Gasteiger partial charge in [0.15, 0.2) is 0 Å². The van der Waals surface area contributed by atoms with E-state index in [4.69, 9.17) is 14.0 Å². The molecule has 1 aliphatic rings. The standard InChI is InChI=1S/C30H30BrN5O6/c1-30(2,3)41-29(39)34-27(33-28(37)38)36-14-4-5-24(36)26-32-25(35-42-26)21-9-8-20-16-23(13-10-19(20)15-21)40-17-18-6-11-22(31)12-7-18/h6-13,15-16,24H,4-5,14,17H2,1-3H3,(H,37,38)(H,33,34,39)/t24-/m0/s1. The Bertz CT molecular complexity index is 1630. The average Bonchev–Trinajstić information content (AvgIpc) is 3.61. The van der Waals surface area contributed by atoms with Gasteiger partial charge in [0.2, 0.25) is 17.7 Å². The Labute approximate surface area is 250 Å². The van der Waals surface area contributed by atoms with E-state index in [9.17, 15) is 14.7 Å². The summed E-state index contributed by atoms with van der Waals surface area (Å²) in [7, 11) is 0. The lowest BCUT2D eigenvalue weighted by Crippen LogP contribution is -2.46. The second-order valence-corrected chi connectivity index (χ2v) is 11.7. The van der Waals surface area contributed by atoms with Gasteiger partial charge < -0.3 is 24.0 Å². The Morgan fingerprint density at radius 2 is 1.86 bits per heavy atom. The Morgan fingerprint density at radius 3 is 2.60 bits per heavy atom. The third-order valence-electron chi connectivity index (χ3n) is 6.45. The molecule has 2 N–H and O–H groups in total. The molecule has 2 heterocycles. The van der Waals surface area contributed by atoms with E-state index in [0.717, 1.165) is 32.1 Å². The number of guanidine groups is 1. The van der Waals surface area contributed by atoms with Crippen molar-refractivity contribution in [2.75, 3.05) is 6.54 Å². The summed E-state index contributed by atoms with van der Waals surface area (Å²) in [5, 5.41) is 18.0. The molecular formula is C30H30BrN5O6. The third kappa shape index (κ3) is 7.24. The van der Waals surface area contributed by atoms with E-state index in [1.54, 1.807) is 25.7 Å². The van der Waals surface area contributed by atoms with Gasteiger partial charge in [-0.1, -0.05) is 51.4 Å². The van der Waals surface area contributed by atoms with E-state index >= 15 is 0 Å². The molecule has 1 saturated heterocycles. The SMILES string of the molecule is CC(C)(C)OC(=O)N/C(=N/C(=O)O)N1CCC[C@H]1c1nc(-c2ccc3cc(OCc4ccc(Br)cc4)ccc3c2)no1. The first-order valence-electron chi connectivity index (χ1n) is 13.4. The van der Waals surface area contributed by atoms with Crippen LogP contribution in [-0.2, 0) is 11.3 Å². The van der Waals surface area contributed by atoms with Crippen molar-refractivity contribution < 1.29 is 28.7 Å². The van der Waals surface area contributed by atoms with E-state index in [-0.39, 0.29) is 5.96 Å². The zero-order chi connectivity index (χ0) is 29.9. The first kappa shape index (κ1) is 29.1. The number of fused-ring (bicyclic) bond motifs is 1. The number of hydrogen-bond donors (Lipinski definition) is 2. The van der Waals surface area contributed by atoms with Gasteiger partial charge in [-0.3, -0.25) is 5.32 Å². The molecule has 4 aromatic rings. The average molecular weight is 637 g/mol. The molecule has 0 spiro atoms. The topological polar surface area (TPSA) is 139 Å². The van der Waals surface area contributed by atoms with Crippen molar-refractivity contribution in [2.24, 2.45) is 4.99 Å². The lowest BCUT2D eigenvalue weighted by molar-refractivity contribution is 0.0555. The molecule has 42 heavy (non-hydrogen) atoms. The highest BCUT2D eigenvalue weighted by Crippen LogP contribution is 2.33. The molecule has 11 nitrogen and oxygen atoms in total. The van der Waals surface area contributed by atoms with Crippen LogP contribution in [0.25, 0.3) is 22.2 Å². The maximum absolute atomic E-state index is 12.4. The molecular weight excluding hydrogens is 606 g/mol. The number of alkyl carbamates (subject to hydrolysis) is 1. The number of amides is 2. The van der Waals surface area contributed by atoms with Crippen LogP contribution in [0.15, 0.2) is 74.7 Å². The summed E-state index contributed by atoms with van der Waals surface area (Å²) in [6.45, 7) is 6.04. The fourth-order valence-electron chi connectivity index (χ4n) is 4.61. The molecule has 12 heteroatoms. The van der Waals surface area contributed by atoms with Crippen molar-refractivity contribution in [2.45, 2.75) is 51.9 Å². The van der Waals surface area contributed by atoms with Crippen molar-refractivity contribution in [1.29, 1.82) is 0 Å². The van der Waals surface area contributed by atoms with E-state index in [2.05, 4.69) is 36.4 Å². The number of hydrogen-bond acceptors (Lipinski definition) is 7. The molecule has 3 aromatic carbocycles. The van der Waals surface area contributed by atoms with Gasteiger partial charge in [-0.15, -0.1) is 4.99 Å². The highest BCUT2D eigenvalue weighted by molar-refractivity contribution is 9.10. The van der Waals surface area contributed by atoms with E-state index in [0.29, 0.717) is 37.7 Å². The van der Waals surface area contributed by atoms with Gasteiger partial charge in [-0.05, 0) is 80.3 Å². The molecule has 1 fully saturated rings. The molecule has 0 radical (unpaired) electrons. The Morgan fingerprint density at radius 1 is 1.12 bits per heavy atom. The molecule has 1 atom stereocenters. The summed E-state index contributed by atoms with van der Waals surface area (Å²) in [6, 6.07) is 19.3. The molecule has 0 aliphatic carbocycles. The summed E-state index contributed by atoms with van der Waals surface area (Å²) >= 11 is 3.44. The Hall–Kier alpha value is -4.45. The quantitative estimate of drug-likeness (QED) is 0.176. The molecule has 0 unspecified atom stereocenters. The lowest BCUT2D eigenvalue weighted by atomic mass is 10.1. The lowest BCUT2D eigenvalue weighted by Gasteiger charge is -2.26. The van der Waals surface area contributed by atoms with Gasteiger partial charge in [0.1, 0.15) is 24.0 Å². The Balaban J connectivity index is 1.31. The minimum Gasteiger partial charge on any atom is -0.489 e. The molecule has 1 aliphatic heterocycles. The number of nitrogens with zero attached hydrogens (tertiary/aromatic N) is 4. The highest BCUT2D eigenvalue weighted by atomic mass is 79.9. The molecule has 2 amide bonds. The van der Waals surface area contributed by atoms with Crippen LogP contribution in [0, 0.1) is 0 Å². The number of aromatic nitrogens is 2. The largest absolute Gasteiger partial charge is 0.489 e. The molecule has 218 valence electrons. The van der Waals surface area contributed by atoms with Crippen LogP contribution >= 0.6 is 15.9 Å². The van der Waals surface area contributed by atoms with Crippen molar-refractivity contribution >= 4 is 44.8 Å². The smallest absolute Gasteiger partial charge is 0.434 e. The minimum atomic E-state index is -1.45. The highest BCUT2D eigenvalue weighted by Gasteiger charge is 2.35. The number of halogens is 1. The van der Waals surface area contributed by atoms with Crippen LogP contribution < -0.4 is 10.1 Å². The van der Waals surface area contributed by atoms with Crippen molar-refractivity contribution in [1.82, 2.24) is 20.4 Å². The number of ether oxygens (including phenoxy) is 2. The van der Waals surface area contributed by atoms with Crippen LogP contribution in [0.5, 0.6) is 5.75 Å². The zero-order valence-corrected chi connectivity index (χ0v) is 24.9. The van der Waals surface area contributed by atoms with E-state index in [1.807, 2.05) is 60.7 Å². The molecule has 0 bridgehead atoms. The first-order valence-corrected chi connectivity index (χ1v) is 14.2. The summed E-state index contributed by atoms with van der Waals surface area (Å²) < 4.78 is 17.9. The van der Waals surface area contributed by atoms with Crippen molar-refractivity contribution in [3.8, 4) is 17.1 Å². The minimum absolute atomic E-state index is 0.150. The van der Waals surface area contributed by atoms with Crippen molar-refractivity contribution in [3.05, 3.63) is 76.6 Å². The number of carbonyl (C=O) groups is 2. The first-order chi connectivity index (χ1) is 20.0. The van der Waals surface area contributed by atoms with Gasteiger partial charge >= 0.3 is 12.2 Å². The van der Waals surface area contributed by atoms with Gasteiger partial charge in [0.25, 0.3) is 0 Å². The number of carbonyl (C=O) groups excluding carboxylic acids is 1. The van der Waals surface area contributed by atoms with Gasteiger partial charge in [0.05, 0.1) is 0 Å². The number of nitrogens with one attached hydrogen (secondary N) is 1. The van der Waals surface area contributed by atoms with Crippen LogP contribution in [0.1, 0.15) is 51.1 Å². The van der Waals surface area contributed by atoms with E-state index < -0.39 is 23.8 Å². The van der Waals surface area contributed by atoms with Crippen molar-refractivity contribution in [3.63, 3.8) is 0 Å². The van der Waals surface area contributed by atoms with Crippen LogP contribution in [-0.4, -0.2) is 50.4 Å². The third-order valence-corrected chi connectivity index (χ3v) is 6.98. The van der Waals surface area contributed by atoms with E-state index in [1.165, 1.54) is 0 Å². The maximum atomic E-state index is 12.4. The predicted octanol–water partition coefficient (Wildman–Crippen LogP) is 6.93.